The first-order valence-electron chi connectivity index (χ1n) is 12.1. The molecule has 0 saturated heterocycles. The van der Waals surface area contributed by atoms with E-state index < -0.39 is 7.92 Å². The third-order valence-corrected chi connectivity index (χ3v) is 13.6. The quantitative estimate of drug-likeness (QED) is 0.350. The molecule has 2 heteroatoms. The van der Waals surface area contributed by atoms with E-state index in [-0.39, 0.29) is 7.92 Å². The van der Waals surface area contributed by atoms with Gasteiger partial charge in [-0.2, -0.15) is 0 Å². The Labute approximate surface area is 196 Å². The Kier molecular flexibility index (Phi) is 9.38. The molecular weight excluding hydrogens is 410 g/mol. The van der Waals surface area contributed by atoms with Crippen LogP contribution in [0.4, 0.5) is 0 Å². The van der Waals surface area contributed by atoms with Gasteiger partial charge in [0, 0.05) is 0 Å². The summed E-state index contributed by atoms with van der Waals surface area (Å²) < 4.78 is 0. The maximum Gasteiger partial charge on any atom is -0.0123 e. The molecule has 0 aliphatic carbocycles. The number of benzene rings is 2. The van der Waals surface area contributed by atoms with E-state index in [0.29, 0.717) is 10.8 Å². The Morgan fingerprint density at radius 2 is 1.10 bits per heavy atom. The maximum atomic E-state index is 2.57. The maximum absolute atomic E-state index is 2.57. The van der Waals surface area contributed by atoms with Gasteiger partial charge in [0.25, 0.3) is 0 Å². The normalized spacial score (nSPS) is 16.3. The fourth-order valence-corrected chi connectivity index (χ4v) is 11.4. The molecule has 4 atom stereocenters. The summed E-state index contributed by atoms with van der Waals surface area (Å²) in [4.78, 5) is 0. The first kappa shape index (κ1) is 26.6. The van der Waals surface area contributed by atoms with Gasteiger partial charge in [-0.1, -0.05) is 107 Å². The lowest BCUT2D eigenvalue weighted by Gasteiger charge is -2.43. The second-order valence-electron chi connectivity index (χ2n) is 10.6. The van der Waals surface area contributed by atoms with E-state index in [2.05, 4.69) is 112 Å². The summed E-state index contributed by atoms with van der Waals surface area (Å²) in [5.74, 6) is 0.757. The minimum atomic E-state index is -0.411. The van der Waals surface area contributed by atoms with Crippen LogP contribution in [0.3, 0.4) is 0 Å². The highest BCUT2D eigenvalue weighted by Crippen LogP contribution is 2.57. The van der Waals surface area contributed by atoms with Crippen molar-refractivity contribution >= 4 is 26.5 Å². The summed E-state index contributed by atoms with van der Waals surface area (Å²) in [5.41, 5.74) is 7.06. The molecule has 2 aromatic carbocycles. The van der Waals surface area contributed by atoms with Crippen LogP contribution in [0, 0.1) is 33.6 Å². The van der Waals surface area contributed by atoms with Gasteiger partial charge in [-0.15, -0.1) is 7.92 Å². The first-order valence-corrected chi connectivity index (χ1v) is 15.3. The molecule has 2 aromatic rings. The number of rotatable bonds is 8. The fraction of sp³-hybridized carbons (Fsp3) is 0.586. The second-order valence-corrected chi connectivity index (χ2v) is 16.4. The molecule has 0 fully saturated rings. The molecule has 0 heterocycles. The Hall–Kier alpha value is -0.700. The first-order chi connectivity index (χ1) is 14.4. The fourth-order valence-electron chi connectivity index (χ4n) is 5.29. The Morgan fingerprint density at radius 3 is 1.39 bits per heavy atom. The Balaban J connectivity index is 2.63. The van der Waals surface area contributed by atoms with E-state index in [1.807, 2.05) is 0 Å². The van der Waals surface area contributed by atoms with Crippen LogP contribution in [0.2, 0.25) is 0 Å². The number of aryl methyl sites for hydroxylation is 4. The predicted octanol–water partition coefficient (Wildman–Crippen LogP) is 8.46. The minimum absolute atomic E-state index is 0.0399. The van der Waals surface area contributed by atoms with E-state index >= 15 is 0 Å². The van der Waals surface area contributed by atoms with Crippen molar-refractivity contribution in [2.45, 2.75) is 98.6 Å². The Bertz CT molecular complexity index is 770. The molecular formula is C29H46P2. The molecule has 0 bridgehead atoms. The molecule has 0 N–H and O–H groups in total. The average Bonchev–Trinajstić information content (AvgIpc) is 2.63. The molecule has 0 amide bonds. The summed E-state index contributed by atoms with van der Waals surface area (Å²) in [5, 5.41) is 3.54. The molecule has 0 aliphatic rings. The molecule has 0 radical (unpaired) electrons. The smallest absolute Gasteiger partial charge is 0.0123 e. The summed E-state index contributed by atoms with van der Waals surface area (Å²) in [6, 6.07) is 14.5. The second kappa shape index (κ2) is 10.9. The van der Waals surface area contributed by atoms with Crippen LogP contribution in [-0.2, 0) is 0 Å². The van der Waals surface area contributed by atoms with Crippen LogP contribution in [0.5, 0.6) is 0 Å². The predicted molar refractivity (Wildman–Crippen MR) is 148 cm³/mol. The summed E-state index contributed by atoms with van der Waals surface area (Å²) in [6.45, 7) is 26.4. The van der Waals surface area contributed by atoms with Crippen LogP contribution in [-0.4, -0.2) is 23.1 Å². The highest BCUT2D eigenvalue weighted by molar-refractivity contribution is 7.73. The summed E-state index contributed by atoms with van der Waals surface area (Å²) >= 11 is 0. The zero-order chi connectivity index (χ0) is 23.5. The monoisotopic (exact) mass is 456 g/mol. The number of hydrogen-bond donors (Lipinski definition) is 0. The average molecular weight is 457 g/mol. The van der Waals surface area contributed by atoms with Crippen LogP contribution in [0.25, 0.3) is 0 Å². The topological polar surface area (TPSA) is 0 Å². The third-order valence-electron chi connectivity index (χ3n) is 6.94. The summed E-state index contributed by atoms with van der Waals surface area (Å²) in [7, 11) is -0.450. The molecule has 1 unspecified atom stereocenters. The molecule has 0 aliphatic heterocycles. The van der Waals surface area contributed by atoms with Crippen molar-refractivity contribution in [2.24, 2.45) is 5.92 Å². The molecule has 2 rings (SSSR count). The van der Waals surface area contributed by atoms with E-state index in [0.717, 1.165) is 11.6 Å². The largest absolute Gasteiger partial charge is 0.101 e. The van der Waals surface area contributed by atoms with Gasteiger partial charge in [0.15, 0.2) is 0 Å². The van der Waals surface area contributed by atoms with Crippen molar-refractivity contribution in [1.29, 1.82) is 0 Å². The van der Waals surface area contributed by atoms with E-state index in [9.17, 15) is 0 Å². The Morgan fingerprint density at radius 1 is 0.710 bits per heavy atom. The van der Waals surface area contributed by atoms with Crippen molar-refractivity contribution in [1.82, 2.24) is 0 Å². The lowest BCUT2D eigenvalue weighted by molar-refractivity contribution is 0.462. The number of hydrogen-bond acceptors (Lipinski definition) is 0. The standard InChI is InChI=1S/C29H46P2/c1-12-27(28(13-2)30(11)29(8,9)10)24(7)31(25-16-20(3)14-21(4)17-25)26-18-22(5)15-23(6)19-26/h14-19,24,27-28H,12-13H2,1-11H3/t24-,27+,28+,30?/m1/s1. The highest BCUT2D eigenvalue weighted by atomic mass is 31.1. The van der Waals surface area contributed by atoms with Crippen LogP contribution in [0.1, 0.15) is 76.6 Å². The zero-order valence-electron chi connectivity index (χ0n) is 22.0. The molecule has 31 heavy (non-hydrogen) atoms. The SMILES string of the molecule is CC[C@@H]([C@@H](C)P(c1cc(C)cc(C)c1)c1cc(C)cc(C)c1)[C@H](CC)P(C)C(C)(C)C. The van der Waals surface area contributed by atoms with Gasteiger partial charge in [0.1, 0.15) is 0 Å². The lowest BCUT2D eigenvalue weighted by Crippen LogP contribution is -2.35. The van der Waals surface area contributed by atoms with Gasteiger partial charge in [-0.05, 0) is 81.7 Å². The van der Waals surface area contributed by atoms with Crippen LogP contribution < -0.4 is 10.6 Å². The van der Waals surface area contributed by atoms with Crippen molar-refractivity contribution in [2.75, 3.05) is 6.66 Å². The molecule has 0 nitrogen and oxygen atoms in total. The van der Waals surface area contributed by atoms with Gasteiger partial charge in [0.05, 0.1) is 0 Å². The van der Waals surface area contributed by atoms with Crippen molar-refractivity contribution in [3.05, 3.63) is 58.7 Å². The van der Waals surface area contributed by atoms with Crippen LogP contribution >= 0.6 is 15.8 Å². The van der Waals surface area contributed by atoms with Gasteiger partial charge in [0.2, 0.25) is 0 Å². The van der Waals surface area contributed by atoms with E-state index in [4.69, 9.17) is 0 Å². The summed E-state index contributed by atoms with van der Waals surface area (Å²) in [6.07, 6.45) is 2.57. The molecule has 0 saturated carbocycles. The minimum Gasteiger partial charge on any atom is -0.101 e. The van der Waals surface area contributed by atoms with Gasteiger partial charge in [-0.3, -0.25) is 0 Å². The van der Waals surface area contributed by atoms with Crippen LogP contribution in [0.15, 0.2) is 36.4 Å². The van der Waals surface area contributed by atoms with Crippen molar-refractivity contribution in [3.8, 4) is 0 Å². The highest BCUT2D eigenvalue weighted by Gasteiger charge is 2.37. The molecule has 0 aromatic heterocycles. The van der Waals surface area contributed by atoms with Crippen molar-refractivity contribution in [3.63, 3.8) is 0 Å². The third kappa shape index (κ3) is 6.65. The zero-order valence-corrected chi connectivity index (χ0v) is 23.8. The molecule has 0 spiro atoms. The van der Waals surface area contributed by atoms with E-state index in [1.165, 1.54) is 35.1 Å². The lowest BCUT2D eigenvalue weighted by atomic mass is 9.97. The van der Waals surface area contributed by atoms with E-state index in [1.54, 1.807) is 10.6 Å². The van der Waals surface area contributed by atoms with Gasteiger partial charge in [-0.25, -0.2) is 0 Å². The van der Waals surface area contributed by atoms with Gasteiger partial charge >= 0.3 is 0 Å². The molecule has 172 valence electrons. The van der Waals surface area contributed by atoms with Crippen molar-refractivity contribution < 1.29 is 0 Å². The van der Waals surface area contributed by atoms with Gasteiger partial charge < -0.3 is 0 Å².